The van der Waals surface area contributed by atoms with Crippen molar-refractivity contribution in [3.63, 3.8) is 0 Å². The Bertz CT molecular complexity index is 307. The number of rotatable bonds is 3. The lowest BCUT2D eigenvalue weighted by molar-refractivity contribution is 0.173. The Kier molecular flexibility index (Phi) is 4.14. The Morgan fingerprint density at radius 3 is 2.29 bits per heavy atom. The fourth-order valence-electron chi connectivity index (χ4n) is 1.40. The largest absolute Gasteiger partial charge is 0.388 e. The second-order valence-corrected chi connectivity index (χ2v) is 4.81. The fourth-order valence-corrected chi connectivity index (χ4v) is 1.93. The molecule has 14 heavy (non-hydrogen) atoms. The van der Waals surface area contributed by atoms with Crippen molar-refractivity contribution in [3.05, 3.63) is 33.8 Å². The molecule has 0 heterocycles. The number of aliphatic hydroxyl groups is 1. The van der Waals surface area contributed by atoms with Crippen LogP contribution in [0.4, 0.5) is 0 Å². The van der Waals surface area contributed by atoms with Crippen molar-refractivity contribution >= 4 is 15.9 Å². The molecule has 1 atom stereocenters. The van der Waals surface area contributed by atoms with E-state index in [2.05, 4.69) is 41.9 Å². The molecule has 1 nitrogen and oxygen atoms in total. The Morgan fingerprint density at radius 1 is 1.21 bits per heavy atom. The molecule has 0 fully saturated rings. The topological polar surface area (TPSA) is 20.2 Å². The number of hydrogen-bond donors (Lipinski definition) is 1. The van der Waals surface area contributed by atoms with Gasteiger partial charge in [-0.1, -0.05) is 42.8 Å². The summed E-state index contributed by atoms with van der Waals surface area (Å²) in [4.78, 5) is 0. The Hall–Kier alpha value is -0.340. The molecule has 0 aromatic heterocycles. The first kappa shape index (κ1) is 11.7. The Labute approximate surface area is 94.3 Å². The van der Waals surface area contributed by atoms with Crippen LogP contribution in [0.2, 0.25) is 0 Å². The third kappa shape index (κ3) is 2.82. The molecule has 78 valence electrons. The van der Waals surface area contributed by atoms with E-state index in [1.165, 1.54) is 5.56 Å². The second kappa shape index (κ2) is 4.94. The van der Waals surface area contributed by atoms with Crippen LogP contribution in [-0.4, -0.2) is 5.11 Å². The van der Waals surface area contributed by atoms with Crippen LogP contribution in [-0.2, 0) is 0 Å². The molecule has 0 aliphatic carbocycles. The lowest BCUT2D eigenvalue weighted by Gasteiger charge is -2.13. The van der Waals surface area contributed by atoms with Gasteiger partial charge in [-0.15, -0.1) is 0 Å². The molecule has 1 rings (SSSR count). The van der Waals surface area contributed by atoms with Gasteiger partial charge in [-0.05, 0) is 35.6 Å². The summed E-state index contributed by atoms with van der Waals surface area (Å²) in [6.07, 6.45) is 0.415. The summed E-state index contributed by atoms with van der Waals surface area (Å²) in [6, 6.07) is 6.18. The highest BCUT2D eigenvalue weighted by atomic mass is 79.9. The molecule has 0 saturated heterocycles. The van der Waals surface area contributed by atoms with Crippen LogP contribution in [0.5, 0.6) is 0 Å². The molecule has 0 aliphatic rings. The van der Waals surface area contributed by atoms with E-state index in [1.807, 2.05) is 13.0 Å². The highest BCUT2D eigenvalue weighted by Crippen LogP contribution is 2.26. The number of hydrogen-bond acceptors (Lipinski definition) is 1. The normalized spacial score (nSPS) is 13.3. The van der Waals surface area contributed by atoms with Gasteiger partial charge in [0.1, 0.15) is 0 Å². The molecule has 0 bridgehead atoms. The average molecular weight is 257 g/mol. The Morgan fingerprint density at radius 2 is 1.79 bits per heavy atom. The maximum Gasteiger partial charge on any atom is 0.0787 e. The van der Waals surface area contributed by atoms with E-state index in [1.54, 1.807) is 0 Å². The molecule has 2 heteroatoms. The predicted octanol–water partition coefficient (Wildman–Crippen LogP) is 4.02. The van der Waals surface area contributed by atoms with E-state index in [0.29, 0.717) is 5.92 Å². The first-order valence-electron chi connectivity index (χ1n) is 5.03. The molecular weight excluding hydrogens is 240 g/mol. The first-order valence-corrected chi connectivity index (χ1v) is 5.82. The van der Waals surface area contributed by atoms with Gasteiger partial charge in [0.2, 0.25) is 0 Å². The number of halogens is 1. The number of aliphatic hydroxyl groups excluding tert-OH is 1. The van der Waals surface area contributed by atoms with Crippen molar-refractivity contribution < 1.29 is 5.11 Å². The maximum absolute atomic E-state index is 9.74. The van der Waals surface area contributed by atoms with Crippen molar-refractivity contribution in [1.82, 2.24) is 0 Å². The fraction of sp³-hybridized carbons (Fsp3) is 0.500. The monoisotopic (exact) mass is 256 g/mol. The van der Waals surface area contributed by atoms with Gasteiger partial charge in [-0.3, -0.25) is 0 Å². The van der Waals surface area contributed by atoms with Gasteiger partial charge < -0.3 is 5.11 Å². The lowest BCUT2D eigenvalue weighted by atomic mass is 9.98. The smallest absolute Gasteiger partial charge is 0.0787 e. The third-order valence-electron chi connectivity index (χ3n) is 2.38. The molecule has 0 amide bonds. The lowest BCUT2D eigenvalue weighted by Crippen LogP contribution is -1.97. The standard InChI is InChI=1S/C12H17BrO/c1-4-12(14)10-5-9(8(2)3)6-11(13)7-10/h5-8,12,14H,4H2,1-3H3. The summed E-state index contributed by atoms with van der Waals surface area (Å²) in [6.45, 7) is 6.30. The van der Waals surface area contributed by atoms with E-state index in [-0.39, 0.29) is 6.10 Å². The predicted molar refractivity (Wildman–Crippen MR) is 63.5 cm³/mol. The zero-order valence-corrected chi connectivity index (χ0v) is 10.5. The summed E-state index contributed by atoms with van der Waals surface area (Å²) in [5, 5.41) is 9.74. The summed E-state index contributed by atoms with van der Waals surface area (Å²) >= 11 is 3.47. The molecule has 1 aromatic rings. The highest BCUT2D eigenvalue weighted by molar-refractivity contribution is 9.10. The van der Waals surface area contributed by atoms with Crippen LogP contribution in [0, 0.1) is 0 Å². The van der Waals surface area contributed by atoms with Gasteiger partial charge in [0.15, 0.2) is 0 Å². The van der Waals surface area contributed by atoms with Crippen LogP contribution < -0.4 is 0 Å². The van der Waals surface area contributed by atoms with Crippen molar-refractivity contribution in [2.45, 2.75) is 39.2 Å². The zero-order valence-electron chi connectivity index (χ0n) is 8.92. The van der Waals surface area contributed by atoms with E-state index >= 15 is 0 Å². The van der Waals surface area contributed by atoms with Crippen LogP contribution in [0.15, 0.2) is 22.7 Å². The van der Waals surface area contributed by atoms with Gasteiger partial charge in [0.05, 0.1) is 6.10 Å². The molecule has 1 aromatic carbocycles. The van der Waals surface area contributed by atoms with Gasteiger partial charge in [-0.2, -0.15) is 0 Å². The molecule has 1 unspecified atom stereocenters. The van der Waals surface area contributed by atoms with Crippen LogP contribution in [0.25, 0.3) is 0 Å². The van der Waals surface area contributed by atoms with Crippen molar-refractivity contribution in [1.29, 1.82) is 0 Å². The summed E-state index contributed by atoms with van der Waals surface area (Å²) in [7, 11) is 0. The van der Waals surface area contributed by atoms with E-state index < -0.39 is 0 Å². The molecule has 1 N–H and O–H groups in total. The minimum Gasteiger partial charge on any atom is -0.388 e. The van der Waals surface area contributed by atoms with Gasteiger partial charge >= 0.3 is 0 Å². The SMILES string of the molecule is CCC(O)c1cc(Br)cc(C(C)C)c1. The molecule has 0 aliphatic heterocycles. The average Bonchev–Trinajstić information content (AvgIpc) is 2.15. The number of benzene rings is 1. The third-order valence-corrected chi connectivity index (χ3v) is 2.84. The summed E-state index contributed by atoms with van der Waals surface area (Å²) < 4.78 is 1.05. The van der Waals surface area contributed by atoms with Gasteiger partial charge in [0, 0.05) is 4.47 Å². The van der Waals surface area contributed by atoms with Crippen molar-refractivity contribution in [2.75, 3.05) is 0 Å². The van der Waals surface area contributed by atoms with Gasteiger partial charge in [-0.25, -0.2) is 0 Å². The van der Waals surface area contributed by atoms with Crippen molar-refractivity contribution in [3.8, 4) is 0 Å². The second-order valence-electron chi connectivity index (χ2n) is 3.90. The van der Waals surface area contributed by atoms with Crippen LogP contribution >= 0.6 is 15.9 Å². The van der Waals surface area contributed by atoms with Gasteiger partial charge in [0.25, 0.3) is 0 Å². The highest BCUT2D eigenvalue weighted by Gasteiger charge is 2.08. The first-order chi connectivity index (χ1) is 6.54. The van der Waals surface area contributed by atoms with E-state index in [9.17, 15) is 5.11 Å². The minimum atomic E-state index is -0.343. The minimum absolute atomic E-state index is 0.343. The van der Waals surface area contributed by atoms with E-state index in [0.717, 1.165) is 16.5 Å². The molecule has 0 spiro atoms. The quantitative estimate of drug-likeness (QED) is 0.867. The summed E-state index contributed by atoms with van der Waals surface area (Å²) in [5.41, 5.74) is 2.27. The maximum atomic E-state index is 9.74. The van der Waals surface area contributed by atoms with Crippen molar-refractivity contribution in [2.24, 2.45) is 0 Å². The van der Waals surface area contributed by atoms with Crippen LogP contribution in [0.3, 0.4) is 0 Å². The molecule has 0 saturated carbocycles. The van der Waals surface area contributed by atoms with E-state index in [4.69, 9.17) is 0 Å². The zero-order chi connectivity index (χ0) is 10.7. The van der Waals surface area contributed by atoms with Crippen LogP contribution in [0.1, 0.15) is 50.3 Å². The molecular formula is C12H17BrO. The molecule has 0 radical (unpaired) electrons. The Balaban J connectivity index is 3.07. The summed E-state index contributed by atoms with van der Waals surface area (Å²) in [5.74, 6) is 0.496.